The highest BCUT2D eigenvalue weighted by atomic mass is 32.2. The second-order valence-corrected chi connectivity index (χ2v) is 10.3. The number of benzene rings is 2. The molecule has 1 N–H and O–H groups in total. The summed E-state index contributed by atoms with van der Waals surface area (Å²) in [5, 5.41) is 13.8. The standard InChI is InChI=1S/C28H29N3O4S2/c1-2-3-4-8-17-35-23-13-11-20(12-14-23)26-21(19-31(29-26)22-9-6-5-7-10-22)18-24-27(34)30(28(36)37-24)16-15-25(32)33/h5-7,9-14,18-19H,2-4,8,15-17H2,1H3,(H,32,33)/b24-18-. The van der Waals surface area contributed by atoms with Gasteiger partial charge >= 0.3 is 5.97 Å². The van der Waals surface area contributed by atoms with Crippen LogP contribution in [-0.4, -0.2) is 49.1 Å². The van der Waals surface area contributed by atoms with Crippen LogP contribution in [0.1, 0.15) is 44.6 Å². The van der Waals surface area contributed by atoms with Gasteiger partial charge in [-0.25, -0.2) is 4.68 Å². The molecule has 37 heavy (non-hydrogen) atoms. The third-order valence-corrected chi connectivity index (χ3v) is 7.24. The first kappa shape index (κ1) is 26.6. The minimum atomic E-state index is -0.974. The summed E-state index contributed by atoms with van der Waals surface area (Å²) in [6.07, 6.45) is 8.10. The molecule has 0 radical (unpaired) electrons. The summed E-state index contributed by atoms with van der Waals surface area (Å²) in [6.45, 7) is 2.93. The third-order valence-electron chi connectivity index (χ3n) is 5.87. The van der Waals surface area contributed by atoms with Crippen LogP contribution in [0.15, 0.2) is 65.7 Å². The number of hydrogen-bond acceptors (Lipinski definition) is 6. The Morgan fingerprint density at radius 2 is 1.86 bits per heavy atom. The van der Waals surface area contributed by atoms with Gasteiger partial charge in [-0.3, -0.25) is 14.5 Å². The monoisotopic (exact) mass is 535 g/mol. The van der Waals surface area contributed by atoms with Crippen LogP contribution in [0.5, 0.6) is 5.75 Å². The van der Waals surface area contributed by atoms with Crippen molar-refractivity contribution in [2.75, 3.05) is 13.2 Å². The summed E-state index contributed by atoms with van der Waals surface area (Å²) in [7, 11) is 0. The van der Waals surface area contributed by atoms with E-state index >= 15 is 0 Å². The number of unbranched alkanes of at least 4 members (excludes halogenated alkanes) is 3. The lowest BCUT2D eigenvalue weighted by Crippen LogP contribution is -2.30. The van der Waals surface area contributed by atoms with Crippen LogP contribution in [0.25, 0.3) is 23.0 Å². The van der Waals surface area contributed by atoms with Crippen molar-refractivity contribution in [2.45, 2.75) is 39.0 Å². The van der Waals surface area contributed by atoms with Gasteiger partial charge in [0.05, 0.1) is 29.3 Å². The van der Waals surface area contributed by atoms with Gasteiger partial charge in [-0.15, -0.1) is 0 Å². The van der Waals surface area contributed by atoms with Crippen LogP contribution >= 0.6 is 24.0 Å². The maximum atomic E-state index is 13.0. The largest absolute Gasteiger partial charge is 0.494 e. The zero-order valence-electron chi connectivity index (χ0n) is 20.6. The fraction of sp³-hybridized carbons (Fsp3) is 0.286. The third kappa shape index (κ3) is 6.87. The van der Waals surface area contributed by atoms with Gasteiger partial charge in [0, 0.05) is 23.9 Å². The maximum Gasteiger partial charge on any atom is 0.305 e. The molecule has 1 aromatic heterocycles. The van der Waals surface area contributed by atoms with E-state index < -0.39 is 5.97 Å². The Bertz CT molecular complexity index is 1290. The molecule has 0 aliphatic carbocycles. The number of para-hydroxylation sites is 1. The number of nitrogens with zero attached hydrogens (tertiary/aromatic N) is 3. The van der Waals surface area contributed by atoms with Gasteiger partial charge in [0.2, 0.25) is 0 Å². The molecule has 0 unspecified atom stereocenters. The fourth-order valence-electron chi connectivity index (χ4n) is 3.90. The van der Waals surface area contributed by atoms with Crippen molar-refractivity contribution in [2.24, 2.45) is 0 Å². The van der Waals surface area contributed by atoms with Crippen molar-refractivity contribution in [1.82, 2.24) is 14.7 Å². The number of rotatable bonds is 12. The van der Waals surface area contributed by atoms with Crippen molar-refractivity contribution >= 4 is 46.3 Å². The van der Waals surface area contributed by atoms with Crippen molar-refractivity contribution in [1.29, 1.82) is 0 Å². The molecule has 7 nitrogen and oxygen atoms in total. The summed E-state index contributed by atoms with van der Waals surface area (Å²) >= 11 is 6.52. The SMILES string of the molecule is CCCCCCOc1ccc(-c2nn(-c3ccccc3)cc2/C=C2\SC(=S)N(CCC(=O)O)C2=O)cc1. The molecule has 0 saturated carbocycles. The normalized spacial score (nSPS) is 14.5. The Morgan fingerprint density at radius 1 is 1.11 bits per heavy atom. The number of aromatic nitrogens is 2. The van der Waals surface area contributed by atoms with E-state index in [0.29, 0.717) is 21.5 Å². The molecule has 192 valence electrons. The number of carboxylic acid groups (broad SMARTS) is 1. The topological polar surface area (TPSA) is 84.7 Å². The molecule has 9 heteroatoms. The number of carboxylic acids is 1. The van der Waals surface area contributed by atoms with E-state index in [9.17, 15) is 9.59 Å². The zero-order valence-corrected chi connectivity index (χ0v) is 22.3. The van der Waals surface area contributed by atoms with Crippen LogP contribution in [0.3, 0.4) is 0 Å². The predicted molar refractivity (Wildman–Crippen MR) is 151 cm³/mol. The molecule has 1 fully saturated rings. The van der Waals surface area contributed by atoms with Crippen LogP contribution in [0, 0.1) is 0 Å². The quantitative estimate of drug-likeness (QED) is 0.169. The minimum absolute atomic E-state index is 0.0490. The lowest BCUT2D eigenvalue weighted by atomic mass is 10.1. The number of ether oxygens (including phenoxy) is 1. The van der Waals surface area contributed by atoms with Crippen molar-refractivity contribution in [3.8, 4) is 22.7 Å². The van der Waals surface area contributed by atoms with Crippen LogP contribution in [-0.2, 0) is 9.59 Å². The van der Waals surface area contributed by atoms with E-state index in [1.54, 1.807) is 10.8 Å². The fourth-order valence-corrected chi connectivity index (χ4v) is 5.20. The zero-order chi connectivity index (χ0) is 26.2. The van der Waals surface area contributed by atoms with E-state index in [-0.39, 0.29) is 18.9 Å². The Morgan fingerprint density at radius 3 is 2.57 bits per heavy atom. The van der Waals surface area contributed by atoms with Crippen molar-refractivity contribution in [3.05, 3.63) is 71.3 Å². The van der Waals surface area contributed by atoms with Gasteiger partial charge in [-0.2, -0.15) is 5.10 Å². The van der Waals surface area contributed by atoms with Crippen LogP contribution < -0.4 is 4.74 Å². The van der Waals surface area contributed by atoms with E-state index in [1.807, 2.05) is 60.8 Å². The predicted octanol–water partition coefficient (Wildman–Crippen LogP) is 6.17. The molecular formula is C28H29N3O4S2. The summed E-state index contributed by atoms with van der Waals surface area (Å²) < 4.78 is 8.02. The van der Waals surface area contributed by atoms with Gasteiger partial charge < -0.3 is 9.84 Å². The number of carbonyl (C=O) groups is 2. The van der Waals surface area contributed by atoms with E-state index in [1.165, 1.54) is 29.5 Å². The second kappa shape index (κ2) is 12.7. The second-order valence-electron chi connectivity index (χ2n) is 8.62. The van der Waals surface area contributed by atoms with Gasteiger partial charge in [-0.1, -0.05) is 68.4 Å². The lowest BCUT2D eigenvalue weighted by molar-refractivity contribution is -0.137. The Kier molecular flexibility index (Phi) is 9.14. The first-order chi connectivity index (χ1) is 18.0. The smallest absolute Gasteiger partial charge is 0.305 e. The number of thioether (sulfide) groups is 1. The van der Waals surface area contributed by atoms with E-state index in [2.05, 4.69) is 6.92 Å². The Balaban J connectivity index is 1.60. The average molecular weight is 536 g/mol. The molecule has 2 heterocycles. The minimum Gasteiger partial charge on any atom is -0.494 e. The number of carbonyl (C=O) groups excluding carboxylic acids is 1. The van der Waals surface area contributed by atoms with E-state index in [0.717, 1.165) is 35.4 Å². The molecule has 0 spiro atoms. The maximum absolute atomic E-state index is 13.0. The highest BCUT2D eigenvalue weighted by molar-refractivity contribution is 8.26. The summed E-state index contributed by atoms with van der Waals surface area (Å²) in [5.74, 6) is -0.456. The molecule has 4 rings (SSSR count). The number of amides is 1. The van der Waals surface area contributed by atoms with Gasteiger partial charge in [0.1, 0.15) is 10.1 Å². The molecule has 1 aliphatic heterocycles. The van der Waals surface area contributed by atoms with Crippen LogP contribution in [0.4, 0.5) is 0 Å². The Hall–Kier alpha value is -3.43. The average Bonchev–Trinajstić information content (AvgIpc) is 3.44. The molecule has 1 amide bonds. The molecule has 2 aromatic carbocycles. The van der Waals surface area contributed by atoms with Gasteiger partial charge in [0.15, 0.2) is 0 Å². The number of aliphatic carboxylic acids is 1. The summed E-state index contributed by atoms with van der Waals surface area (Å²) in [4.78, 5) is 25.7. The number of thiocarbonyl (C=S) groups is 1. The first-order valence-corrected chi connectivity index (χ1v) is 13.5. The lowest BCUT2D eigenvalue weighted by Gasteiger charge is -2.12. The molecular weight excluding hydrogens is 506 g/mol. The van der Waals surface area contributed by atoms with Crippen molar-refractivity contribution in [3.63, 3.8) is 0 Å². The summed E-state index contributed by atoms with van der Waals surface area (Å²) in [5.41, 5.74) is 3.26. The molecule has 1 aliphatic rings. The van der Waals surface area contributed by atoms with Gasteiger partial charge in [0.25, 0.3) is 5.91 Å². The highest BCUT2D eigenvalue weighted by Crippen LogP contribution is 2.35. The first-order valence-electron chi connectivity index (χ1n) is 12.3. The Labute approximate surface area is 226 Å². The molecule has 0 bridgehead atoms. The van der Waals surface area contributed by atoms with E-state index in [4.69, 9.17) is 27.2 Å². The molecule has 3 aromatic rings. The van der Waals surface area contributed by atoms with Crippen molar-refractivity contribution < 1.29 is 19.4 Å². The van der Waals surface area contributed by atoms with Crippen LogP contribution in [0.2, 0.25) is 0 Å². The van der Waals surface area contributed by atoms with Gasteiger partial charge in [-0.05, 0) is 48.9 Å². The highest BCUT2D eigenvalue weighted by Gasteiger charge is 2.32. The molecule has 1 saturated heterocycles. The summed E-state index contributed by atoms with van der Waals surface area (Å²) in [6, 6.07) is 17.6. The number of hydrogen-bond donors (Lipinski definition) is 1. The molecule has 0 atom stereocenters.